The number of carbonyl (C=O) groups is 3. The molecule has 0 spiro atoms. The fraction of sp³-hybridized carbons (Fsp3) is 0.493. The van der Waals surface area contributed by atoms with E-state index in [1.807, 2.05) is 72.8 Å². The first-order valence-corrected chi connectivity index (χ1v) is 30.2. The summed E-state index contributed by atoms with van der Waals surface area (Å²) in [5, 5.41) is 13.8. The van der Waals surface area contributed by atoms with E-state index >= 15 is 0 Å². The van der Waals surface area contributed by atoms with Gasteiger partial charge >= 0.3 is 42.1 Å². The van der Waals surface area contributed by atoms with Gasteiger partial charge in [0, 0.05) is 12.8 Å². The van der Waals surface area contributed by atoms with E-state index in [0.717, 1.165) is 125 Å². The summed E-state index contributed by atoms with van der Waals surface area (Å²) in [6.45, 7) is 2.88. The van der Waals surface area contributed by atoms with Gasteiger partial charge in [-0.05, 0) is 182 Å². The number of unbranched alkanes of at least 4 members (excludes halogenated alkanes) is 8. The number of rotatable bonds is 35. The van der Waals surface area contributed by atoms with Crippen LogP contribution in [0.5, 0.6) is 23.0 Å². The van der Waals surface area contributed by atoms with Gasteiger partial charge in [-0.25, -0.2) is 0 Å². The molecule has 6 aromatic rings. The summed E-state index contributed by atoms with van der Waals surface area (Å²) in [6, 6.07) is 36.3. The molecule has 0 bridgehead atoms. The summed E-state index contributed by atoms with van der Waals surface area (Å²) in [7, 11) is 6.52. The molecule has 10 nitrogen and oxygen atoms in total. The van der Waals surface area contributed by atoms with Gasteiger partial charge in [0.25, 0.3) is 0 Å². The van der Waals surface area contributed by atoms with Crippen LogP contribution >= 0.6 is 0 Å². The molecule has 488 valence electrons. The maximum absolute atomic E-state index is 13.7. The first-order valence-electron chi connectivity index (χ1n) is 30.2. The van der Waals surface area contributed by atoms with Gasteiger partial charge in [0.05, 0.1) is 47.6 Å². The van der Waals surface area contributed by atoms with Crippen molar-refractivity contribution in [2.75, 3.05) is 41.7 Å². The zero-order valence-electron chi connectivity index (χ0n) is 51.4. The van der Waals surface area contributed by atoms with Gasteiger partial charge in [-0.3, -0.25) is 14.4 Å². The van der Waals surface area contributed by atoms with E-state index in [1.165, 1.54) is 25.0 Å². The third kappa shape index (κ3) is 20.4. The lowest BCUT2D eigenvalue weighted by atomic mass is 9.77. The highest BCUT2D eigenvalue weighted by Gasteiger charge is 2.58. The fourth-order valence-electron chi connectivity index (χ4n) is 11.1. The number of hydrogen-bond donors (Lipinski definition) is 1. The number of aryl methyl sites for hydroxylation is 2. The van der Waals surface area contributed by atoms with Crippen molar-refractivity contribution in [3.8, 4) is 45.3 Å². The lowest BCUT2D eigenvalue weighted by Crippen LogP contribution is -2.43. The normalized spacial score (nSPS) is 12.5. The van der Waals surface area contributed by atoms with Crippen LogP contribution in [-0.4, -0.2) is 88.9 Å². The Morgan fingerprint density at radius 1 is 0.416 bits per heavy atom. The summed E-state index contributed by atoms with van der Waals surface area (Å²) >= 11 is 0. The number of carboxylic acid groups (broad SMARTS) is 1. The number of hydrogen-bond acceptors (Lipinski definition) is 9. The summed E-state index contributed by atoms with van der Waals surface area (Å²) in [5.41, 5.74) is 4.88. The Hall–Kier alpha value is -7.25. The third-order valence-corrected chi connectivity index (χ3v) is 16.1. The highest BCUT2D eigenvalue weighted by atomic mass is 19.4. The molecule has 0 amide bonds. The highest BCUT2D eigenvalue weighted by Crippen LogP contribution is 2.44. The summed E-state index contributed by atoms with van der Waals surface area (Å²) in [5.74, 6) is -10.6. The number of ether oxygens (including phenoxy) is 6. The van der Waals surface area contributed by atoms with Crippen molar-refractivity contribution >= 4 is 39.5 Å². The molecular weight excluding hydrogens is 1180 g/mol. The number of carbonyl (C=O) groups excluding carboxylic acids is 2. The second-order valence-electron chi connectivity index (χ2n) is 22.1. The quantitative estimate of drug-likeness (QED) is 0.0178. The number of carboxylic acids is 1. The molecule has 0 saturated heterocycles. The summed E-state index contributed by atoms with van der Waals surface area (Å²) in [6.07, 6.45) is -6.92. The zero-order valence-corrected chi connectivity index (χ0v) is 51.4. The lowest BCUT2D eigenvalue weighted by molar-refractivity contribution is -0.284. The fourth-order valence-corrected chi connectivity index (χ4v) is 11.1. The number of benzene rings is 6. The highest BCUT2D eigenvalue weighted by molar-refractivity contribution is 6.00. The molecule has 1 atom stereocenters. The van der Waals surface area contributed by atoms with Crippen LogP contribution < -0.4 is 18.9 Å². The van der Waals surface area contributed by atoms with Gasteiger partial charge in [-0.2, -0.15) is 43.9 Å². The van der Waals surface area contributed by atoms with Gasteiger partial charge in [0.1, 0.15) is 23.0 Å². The molecule has 0 aromatic heterocycles. The predicted molar refractivity (Wildman–Crippen MR) is 324 cm³/mol. The molecular formula is C69H82F10O10. The second-order valence-corrected chi connectivity index (χ2v) is 22.1. The Morgan fingerprint density at radius 2 is 0.775 bits per heavy atom. The Kier molecular flexibility index (Phi) is 27.8. The molecule has 0 heterocycles. The molecule has 1 N–H and O–H groups in total. The molecule has 1 unspecified atom stereocenters. The summed E-state index contributed by atoms with van der Waals surface area (Å²) < 4.78 is 161. The molecule has 0 aliphatic heterocycles. The van der Waals surface area contributed by atoms with Gasteiger partial charge in [0.2, 0.25) is 0 Å². The van der Waals surface area contributed by atoms with Crippen LogP contribution in [0.2, 0.25) is 0 Å². The van der Waals surface area contributed by atoms with Crippen LogP contribution in [0, 0.1) is 11.3 Å². The van der Waals surface area contributed by atoms with E-state index in [-0.39, 0.29) is 32.5 Å². The molecule has 0 aliphatic rings. The van der Waals surface area contributed by atoms with Crippen LogP contribution in [0.4, 0.5) is 43.9 Å². The van der Waals surface area contributed by atoms with Gasteiger partial charge < -0.3 is 33.5 Å². The van der Waals surface area contributed by atoms with Crippen molar-refractivity contribution in [1.82, 2.24) is 0 Å². The smallest absolute Gasteiger partial charge is 0.453 e. The Bertz CT molecular complexity index is 3160. The molecule has 0 saturated carbocycles. The van der Waals surface area contributed by atoms with Crippen LogP contribution in [0.15, 0.2) is 109 Å². The number of methoxy groups -OCH3 is 4. The van der Waals surface area contributed by atoms with Crippen LogP contribution in [-0.2, 0) is 36.7 Å². The van der Waals surface area contributed by atoms with Gasteiger partial charge in [0.15, 0.2) is 5.41 Å². The average Bonchev–Trinajstić information content (AvgIpc) is 1.19. The minimum Gasteiger partial charge on any atom is -0.497 e. The van der Waals surface area contributed by atoms with Crippen LogP contribution in [0.3, 0.4) is 0 Å². The Balaban J connectivity index is 0.000000328. The molecule has 0 fully saturated rings. The molecule has 0 radical (unpaired) electrons. The number of fused-ring (bicyclic) bond motifs is 2. The predicted octanol–water partition coefficient (Wildman–Crippen LogP) is 19.4. The minimum absolute atomic E-state index is 0.0744. The first kappa shape index (κ1) is 72.5. The maximum atomic E-state index is 13.7. The minimum atomic E-state index is -5.72. The van der Waals surface area contributed by atoms with E-state index in [1.54, 1.807) is 28.4 Å². The lowest BCUT2D eigenvalue weighted by Gasteiger charge is -2.30. The van der Waals surface area contributed by atoms with Gasteiger partial charge in [-0.15, -0.1) is 0 Å². The van der Waals surface area contributed by atoms with Crippen molar-refractivity contribution < 1.29 is 91.8 Å². The Morgan fingerprint density at radius 3 is 1.17 bits per heavy atom. The topological polar surface area (TPSA) is 127 Å². The summed E-state index contributed by atoms with van der Waals surface area (Å²) in [4.78, 5) is 37.6. The maximum Gasteiger partial charge on any atom is 0.453 e. The van der Waals surface area contributed by atoms with Crippen molar-refractivity contribution in [2.24, 2.45) is 11.3 Å². The number of alkyl halides is 10. The number of halogens is 10. The van der Waals surface area contributed by atoms with E-state index in [9.17, 15) is 63.4 Å². The average molecular weight is 1260 g/mol. The van der Waals surface area contributed by atoms with Gasteiger partial charge in [-0.1, -0.05) is 112 Å². The van der Waals surface area contributed by atoms with E-state index in [2.05, 4.69) is 36.4 Å². The van der Waals surface area contributed by atoms with Crippen molar-refractivity contribution in [3.05, 3.63) is 120 Å². The van der Waals surface area contributed by atoms with E-state index in [4.69, 9.17) is 28.4 Å². The van der Waals surface area contributed by atoms with Crippen molar-refractivity contribution in [1.29, 1.82) is 0 Å². The van der Waals surface area contributed by atoms with E-state index in [0.29, 0.717) is 19.3 Å². The zero-order chi connectivity index (χ0) is 65.4. The SMILES string of the molecule is CCOC(=O)C(CCCCCCCc1c(-c2ccc(OC)cc2)ccc2cc(OC)ccc12)(CCCC(F)(F)C(F)(F)F)C(=O)OCC.COc1ccc(-c2ccc3cc(OC)ccc3c2CCCCCCCC(CCCC(F)(F)C(F)(F)F)C(=O)O)cc1. The largest absolute Gasteiger partial charge is 0.497 e. The third-order valence-electron chi connectivity index (χ3n) is 16.1. The van der Waals surface area contributed by atoms with Crippen molar-refractivity contribution in [3.63, 3.8) is 0 Å². The standard InChI is InChI=1S/C37H45F5O6.C32H37F5O4/c1-5-47-33(43)35(34(44)48-6-2,23-12-24-36(38,39)37(40,41)42)22-11-9-7-8-10-13-32-30(26-14-17-28(45-3)18-15-26)20-16-27-25-29(46-4)19-21-31(27)32;1-40-25-15-12-22(13-16-25)27-18-14-24-21-26(41-2)17-19-28(24)29(27)11-7-5-3-4-6-9-23(30(38)39)10-8-20-31(33,34)32(35,36)37/h14-21,25H,5-13,22-24H2,1-4H3;12-19,21,23H,3-11,20H2,1-2H3,(H,38,39). The molecule has 6 rings (SSSR count). The van der Waals surface area contributed by atoms with Crippen LogP contribution in [0.1, 0.15) is 141 Å². The van der Waals surface area contributed by atoms with E-state index < -0.39 is 85.5 Å². The molecule has 20 heteroatoms. The molecule has 89 heavy (non-hydrogen) atoms. The monoisotopic (exact) mass is 1260 g/mol. The molecule has 0 aliphatic carbocycles. The second kappa shape index (κ2) is 34.1. The first-order chi connectivity index (χ1) is 42.3. The Labute approximate surface area is 514 Å². The van der Waals surface area contributed by atoms with Crippen molar-refractivity contribution in [2.45, 2.75) is 166 Å². The van der Waals surface area contributed by atoms with Crippen LogP contribution in [0.25, 0.3) is 43.8 Å². The molecule has 6 aromatic carbocycles. The number of esters is 2. The number of aliphatic carboxylic acids is 1.